The molecule has 0 atom stereocenters. The molecule has 0 bridgehead atoms. The van der Waals surface area contributed by atoms with Crippen LogP contribution in [0.5, 0.6) is 0 Å². The molecule has 9 heteroatoms. The van der Waals surface area contributed by atoms with E-state index in [1.54, 1.807) is 59.6 Å². The molecule has 7 nitrogen and oxygen atoms in total. The minimum absolute atomic E-state index is 0.0205. The zero-order valence-corrected chi connectivity index (χ0v) is 20.7. The highest BCUT2D eigenvalue weighted by molar-refractivity contribution is 7.90. The van der Waals surface area contributed by atoms with Crippen molar-refractivity contribution in [2.45, 2.75) is 10.6 Å². The number of pyridine rings is 1. The molecule has 3 aromatic carbocycles. The summed E-state index contributed by atoms with van der Waals surface area (Å²) in [5, 5.41) is 0.750. The number of carbonyl (C=O) groups is 2. The topological polar surface area (TPSA) is 87.6 Å². The van der Waals surface area contributed by atoms with Crippen LogP contribution in [0.4, 0.5) is 4.39 Å². The van der Waals surface area contributed by atoms with Crippen molar-refractivity contribution < 1.29 is 22.4 Å². The fraction of sp³-hybridized carbons (Fsp3) is 0.179. The van der Waals surface area contributed by atoms with Crippen LogP contribution in [0.15, 0.2) is 90.0 Å². The molecule has 2 amide bonds. The standard InChI is InChI=1S/C28H24FN3O4S/c29-24-8-2-1-7-23(24)28(34)32-17-15-31(16-18-32)27(33)22-12-10-20(11-13-22)19-37(35,36)25-9-3-5-21-6-4-14-30-26(21)25/h1-14H,15-19H2. The fourth-order valence-electron chi connectivity index (χ4n) is 4.47. The Morgan fingerprint density at radius 3 is 2.14 bits per heavy atom. The maximum atomic E-state index is 14.0. The SMILES string of the molecule is O=C(c1ccc(CS(=O)(=O)c2cccc3cccnc23)cc1)N1CCN(C(=O)c2ccccc2F)CC1. The van der Waals surface area contributed by atoms with Gasteiger partial charge in [0.25, 0.3) is 11.8 Å². The number of carbonyl (C=O) groups excluding carboxylic acids is 2. The molecule has 1 fully saturated rings. The van der Waals surface area contributed by atoms with Gasteiger partial charge in [-0.3, -0.25) is 14.6 Å². The van der Waals surface area contributed by atoms with Crippen molar-refractivity contribution in [2.75, 3.05) is 26.2 Å². The van der Waals surface area contributed by atoms with Crippen LogP contribution in [-0.2, 0) is 15.6 Å². The van der Waals surface area contributed by atoms with E-state index in [9.17, 15) is 22.4 Å². The summed E-state index contributed by atoms with van der Waals surface area (Å²) in [6, 6.07) is 21.0. The summed E-state index contributed by atoms with van der Waals surface area (Å²) in [6.45, 7) is 1.25. The Balaban J connectivity index is 1.23. The van der Waals surface area contributed by atoms with Gasteiger partial charge in [-0.1, -0.05) is 42.5 Å². The first-order valence-electron chi connectivity index (χ1n) is 11.8. The summed E-state index contributed by atoms with van der Waals surface area (Å²) in [5.41, 5.74) is 1.45. The lowest BCUT2D eigenvalue weighted by Crippen LogP contribution is -2.50. The average Bonchev–Trinajstić information content (AvgIpc) is 2.92. The van der Waals surface area contributed by atoms with Crippen molar-refractivity contribution in [3.05, 3.63) is 108 Å². The number of hydrogen-bond donors (Lipinski definition) is 0. The summed E-state index contributed by atoms with van der Waals surface area (Å²) in [5.74, 6) is -1.37. The zero-order chi connectivity index (χ0) is 26.0. The van der Waals surface area contributed by atoms with E-state index in [0.29, 0.717) is 42.8 Å². The van der Waals surface area contributed by atoms with Crippen LogP contribution in [0.25, 0.3) is 10.9 Å². The molecular weight excluding hydrogens is 493 g/mol. The van der Waals surface area contributed by atoms with E-state index >= 15 is 0 Å². The molecule has 5 rings (SSSR count). The highest BCUT2D eigenvalue weighted by Crippen LogP contribution is 2.24. The number of para-hydroxylation sites is 1. The third-order valence-electron chi connectivity index (χ3n) is 6.45. The van der Waals surface area contributed by atoms with Gasteiger partial charge in [-0.25, -0.2) is 12.8 Å². The van der Waals surface area contributed by atoms with Gasteiger partial charge >= 0.3 is 0 Å². The molecule has 1 saturated heterocycles. The summed E-state index contributed by atoms with van der Waals surface area (Å²) >= 11 is 0. The monoisotopic (exact) mass is 517 g/mol. The lowest BCUT2D eigenvalue weighted by atomic mass is 10.1. The number of aromatic nitrogens is 1. The van der Waals surface area contributed by atoms with E-state index in [-0.39, 0.29) is 22.1 Å². The number of benzene rings is 3. The predicted molar refractivity (Wildman–Crippen MR) is 137 cm³/mol. The number of rotatable bonds is 5. The van der Waals surface area contributed by atoms with E-state index in [1.165, 1.54) is 23.1 Å². The van der Waals surface area contributed by atoms with Gasteiger partial charge in [0.15, 0.2) is 9.84 Å². The maximum absolute atomic E-state index is 14.0. The van der Waals surface area contributed by atoms with Gasteiger partial charge < -0.3 is 9.80 Å². The van der Waals surface area contributed by atoms with E-state index in [4.69, 9.17) is 0 Å². The Kier molecular flexibility index (Phi) is 6.71. The average molecular weight is 518 g/mol. The molecule has 1 aromatic heterocycles. The molecule has 0 unspecified atom stereocenters. The lowest BCUT2D eigenvalue weighted by molar-refractivity contribution is 0.0533. The number of nitrogens with zero attached hydrogens (tertiary/aromatic N) is 3. The first-order chi connectivity index (χ1) is 17.8. The summed E-state index contributed by atoms with van der Waals surface area (Å²) in [7, 11) is -3.66. The van der Waals surface area contributed by atoms with Crippen molar-refractivity contribution in [1.82, 2.24) is 14.8 Å². The Hall–Kier alpha value is -4.11. The normalized spacial score (nSPS) is 14.1. The van der Waals surface area contributed by atoms with E-state index in [0.717, 1.165) is 5.39 Å². The summed E-state index contributed by atoms with van der Waals surface area (Å²) < 4.78 is 40.2. The number of fused-ring (bicyclic) bond motifs is 1. The molecule has 1 aliphatic heterocycles. The third-order valence-corrected chi connectivity index (χ3v) is 8.16. The molecule has 1 aliphatic rings. The number of amides is 2. The molecule has 0 spiro atoms. The minimum atomic E-state index is -3.66. The largest absolute Gasteiger partial charge is 0.335 e. The quantitative estimate of drug-likeness (QED) is 0.400. The minimum Gasteiger partial charge on any atom is -0.335 e. The molecule has 0 aliphatic carbocycles. The maximum Gasteiger partial charge on any atom is 0.256 e. The van der Waals surface area contributed by atoms with Crippen LogP contribution >= 0.6 is 0 Å². The van der Waals surface area contributed by atoms with Crippen LogP contribution < -0.4 is 0 Å². The van der Waals surface area contributed by atoms with Crippen LogP contribution in [0.1, 0.15) is 26.3 Å². The van der Waals surface area contributed by atoms with Crippen molar-refractivity contribution >= 4 is 32.6 Å². The van der Waals surface area contributed by atoms with Crippen molar-refractivity contribution in [1.29, 1.82) is 0 Å². The van der Waals surface area contributed by atoms with Crippen LogP contribution in [-0.4, -0.2) is 61.2 Å². The number of piperazine rings is 1. The summed E-state index contributed by atoms with van der Waals surface area (Å²) in [6.07, 6.45) is 1.57. The second-order valence-corrected chi connectivity index (χ2v) is 10.8. The predicted octanol–water partition coefficient (Wildman–Crippen LogP) is 3.95. The van der Waals surface area contributed by atoms with E-state index in [1.807, 2.05) is 12.1 Å². The molecular formula is C28H24FN3O4S. The molecule has 0 saturated carbocycles. The fourth-order valence-corrected chi connectivity index (χ4v) is 6.01. The molecule has 2 heterocycles. The first-order valence-corrected chi connectivity index (χ1v) is 13.5. The van der Waals surface area contributed by atoms with Crippen LogP contribution in [0.2, 0.25) is 0 Å². The van der Waals surface area contributed by atoms with Gasteiger partial charge in [0, 0.05) is 43.3 Å². The van der Waals surface area contributed by atoms with E-state index < -0.39 is 21.6 Å². The molecule has 0 N–H and O–H groups in total. The molecule has 0 radical (unpaired) electrons. The zero-order valence-electron chi connectivity index (χ0n) is 19.9. The van der Waals surface area contributed by atoms with Crippen molar-refractivity contribution in [2.24, 2.45) is 0 Å². The summed E-state index contributed by atoms with van der Waals surface area (Å²) in [4.78, 5) is 33.2. The highest BCUT2D eigenvalue weighted by Gasteiger charge is 2.27. The van der Waals surface area contributed by atoms with Gasteiger partial charge in [0.05, 0.1) is 21.7 Å². The molecule has 37 heavy (non-hydrogen) atoms. The Morgan fingerprint density at radius 2 is 1.43 bits per heavy atom. The van der Waals surface area contributed by atoms with Gasteiger partial charge in [-0.05, 0) is 42.0 Å². The Bertz CT molecular complexity index is 1580. The second-order valence-electron chi connectivity index (χ2n) is 8.85. The second kappa shape index (κ2) is 10.1. The van der Waals surface area contributed by atoms with Gasteiger partial charge in [-0.15, -0.1) is 0 Å². The van der Waals surface area contributed by atoms with Crippen molar-refractivity contribution in [3.8, 4) is 0 Å². The first kappa shape index (κ1) is 24.6. The molecule has 4 aromatic rings. The lowest BCUT2D eigenvalue weighted by Gasteiger charge is -2.35. The van der Waals surface area contributed by atoms with E-state index in [2.05, 4.69) is 4.98 Å². The Morgan fingerprint density at radius 1 is 0.784 bits per heavy atom. The number of sulfone groups is 1. The van der Waals surface area contributed by atoms with Crippen LogP contribution in [0, 0.1) is 5.82 Å². The Labute approximate surface area is 214 Å². The smallest absolute Gasteiger partial charge is 0.256 e. The highest BCUT2D eigenvalue weighted by atomic mass is 32.2. The number of hydrogen-bond acceptors (Lipinski definition) is 5. The van der Waals surface area contributed by atoms with Gasteiger partial charge in [0.2, 0.25) is 0 Å². The van der Waals surface area contributed by atoms with Crippen LogP contribution in [0.3, 0.4) is 0 Å². The van der Waals surface area contributed by atoms with Gasteiger partial charge in [-0.2, -0.15) is 0 Å². The van der Waals surface area contributed by atoms with Gasteiger partial charge in [0.1, 0.15) is 5.82 Å². The number of halogens is 1. The molecule has 188 valence electrons. The third kappa shape index (κ3) is 5.08. The van der Waals surface area contributed by atoms with Crippen molar-refractivity contribution in [3.63, 3.8) is 0 Å².